The largest absolute Gasteiger partial charge is 0.398 e. The lowest BCUT2D eigenvalue weighted by atomic mass is 10.0. The van der Waals surface area contributed by atoms with Crippen molar-refractivity contribution in [3.05, 3.63) is 41.5 Å². The third-order valence-electron chi connectivity index (χ3n) is 2.49. The van der Waals surface area contributed by atoms with Crippen LogP contribution in [0.25, 0.3) is 10.8 Å². The van der Waals surface area contributed by atoms with Crippen LogP contribution in [0.15, 0.2) is 30.3 Å². The van der Waals surface area contributed by atoms with Crippen LogP contribution in [0, 0.1) is 13.8 Å². The van der Waals surface area contributed by atoms with Gasteiger partial charge in [-0.2, -0.15) is 0 Å². The minimum absolute atomic E-state index is 0.872. The van der Waals surface area contributed by atoms with Gasteiger partial charge in [0.2, 0.25) is 0 Å². The molecule has 13 heavy (non-hydrogen) atoms. The second-order valence-corrected chi connectivity index (χ2v) is 3.50. The van der Waals surface area contributed by atoms with Crippen LogP contribution in [0.5, 0.6) is 0 Å². The Labute approximate surface area is 78.2 Å². The van der Waals surface area contributed by atoms with Crippen molar-refractivity contribution in [3.63, 3.8) is 0 Å². The van der Waals surface area contributed by atoms with E-state index in [0.717, 1.165) is 5.69 Å². The van der Waals surface area contributed by atoms with Gasteiger partial charge in [0.05, 0.1) is 0 Å². The number of hydrogen-bond donors (Lipinski definition) is 1. The van der Waals surface area contributed by atoms with E-state index in [0.29, 0.717) is 0 Å². The van der Waals surface area contributed by atoms with Gasteiger partial charge in [0.15, 0.2) is 0 Å². The molecular weight excluding hydrogens is 158 g/mol. The molecule has 0 saturated heterocycles. The summed E-state index contributed by atoms with van der Waals surface area (Å²) in [6, 6.07) is 10.5. The molecule has 0 aliphatic carbocycles. The first-order valence-electron chi connectivity index (χ1n) is 4.44. The highest BCUT2D eigenvalue weighted by molar-refractivity contribution is 5.89. The van der Waals surface area contributed by atoms with Gasteiger partial charge in [0.25, 0.3) is 0 Å². The summed E-state index contributed by atoms with van der Waals surface area (Å²) < 4.78 is 0. The highest BCUT2D eigenvalue weighted by Crippen LogP contribution is 2.23. The molecule has 66 valence electrons. The van der Waals surface area contributed by atoms with Gasteiger partial charge in [-0.1, -0.05) is 29.8 Å². The summed E-state index contributed by atoms with van der Waals surface area (Å²) in [6.45, 7) is 4.16. The summed E-state index contributed by atoms with van der Waals surface area (Å²) in [7, 11) is 0. The normalized spacial score (nSPS) is 10.6. The Hall–Kier alpha value is -1.50. The minimum atomic E-state index is 0.872. The lowest BCUT2D eigenvalue weighted by Crippen LogP contribution is -1.90. The van der Waals surface area contributed by atoms with Crippen molar-refractivity contribution in [1.82, 2.24) is 0 Å². The molecule has 0 amide bonds. The van der Waals surface area contributed by atoms with Gasteiger partial charge in [-0.25, -0.2) is 0 Å². The minimum Gasteiger partial charge on any atom is -0.398 e. The number of nitrogens with two attached hydrogens (primary N) is 1. The SMILES string of the molecule is Cc1ccc2c(C)c(N)ccc2c1. The van der Waals surface area contributed by atoms with Crippen molar-refractivity contribution in [2.75, 3.05) is 5.73 Å². The summed E-state index contributed by atoms with van der Waals surface area (Å²) in [5.41, 5.74) is 9.16. The summed E-state index contributed by atoms with van der Waals surface area (Å²) in [5, 5.41) is 2.53. The van der Waals surface area contributed by atoms with Gasteiger partial charge in [0.1, 0.15) is 0 Å². The molecule has 0 spiro atoms. The molecular formula is C12H13N. The summed E-state index contributed by atoms with van der Waals surface area (Å²) >= 11 is 0. The maximum absolute atomic E-state index is 5.82. The summed E-state index contributed by atoms with van der Waals surface area (Å²) in [4.78, 5) is 0. The first-order valence-corrected chi connectivity index (χ1v) is 4.44. The van der Waals surface area contributed by atoms with E-state index in [1.54, 1.807) is 0 Å². The monoisotopic (exact) mass is 171 g/mol. The van der Waals surface area contributed by atoms with Crippen LogP contribution in [-0.2, 0) is 0 Å². The standard InChI is InChI=1S/C12H13N/c1-8-3-5-11-9(2)12(13)6-4-10(11)7-8/h3-7H,13H2,1-2H3. The highest BCUT2D eigenvalue weighted by atomic mass is 14.6. The van der Waals surface area contributed by atoms with E-state index in [1.807, 2.05) is 6.07 Å². The molecule has 0 unspecified atom stereocenters. The van der Waals surface area contributed by atoms with Gasteiger partial charge < -0.3 is 5.73 Å². The van der Waals surface area contributed by atoms with Gasteiger partial charge in [0, 0.05) is 5.69 Å². The van der Waals surface area contributed by atoms with Crippen LogP contribution in [0.1, 0.15) is 11.1 Å². The van der Waals surface area contributed by atoms with E-state index in [1.165, 1.54) is 21.9 Å². The van der Waals surface area contributed by atoms with E-state index in [-0.39, 0.29) is 0 Å². The first-order chi connectivity index (χ1) is 6.18. The topological polar surface area (TPSA) is 26.0 Å². The molecule has 0 radical (unpaired) electrons. The fourth-order valence-corrected chi connectivity index (χ4v) is 1.62. The number of benzene rings is 2. The van der Waals surface area contributed by atoms with E-state index in [9.17, 15) is 0 Å². The summed E-state index contributed by atoms with van der Waals surface area (Å²) in [5.74, 6) is 0. The second kappa shape index (κ2) is 2.77. The molecule has 2 N–H and O–H groups in total. The fourth-order valence-electron chi connectivity index (χ4n) is 1.62. The molecule has 0 fully saturated rings. The molecule has 1 nitrogen and oxygen atoms in total. The van der Waals surface area contributed by atoms with Crippen molar-refractivity contribution in [2.24, 2.45) is 0 Å². The van der Waals surface area contributed by atoms with Crippen LogP contribution >= 0.6 is 0 Å². The Kier molecular flexibility index (Phi) is 1.73. The van der Waals surface area contributed by atoms with E-state index < -0.39 is 0 Å². The van der Waals surface area contributed by atoms with Crippen molar-refractivity contribution < 1.29 is 0 Å². The Morgan fingerprint density at radius 1 is 1.00 bits per heavy atom. The Balaban J connectivity index is 2.87. The van der Waals surface area contributed by atoms with Crippen molar-refractivity contribution in [3.8, 4) is 0 Å². The maximum atomic E-state index is 5.82. The lowest BCUT2D eigenvalue weighted by Gasteiger charge is -2.05. The second-order valence-electron chi connectivity index (χ2n) is 3.50. The molecule has 2 aromatic rings. The maximum Gasteiger partial charge on any atom is 0.0350 e. The molecule has 0 bridgehead atoms. The molecule has 1 heteroatoms. The number of hydrogen-bond acceptors (Lipinski definition) is 1. The lowest BCUT2D eigenvalue weighted by molar-refractivity contribution is 1.47. The van der Waals surface area contributed by atoms with Crippen LogP contribution in [0.2, 0.25) is 0 Å². The van der Waals surface area contributed by atoms with E-state index >= 15 is 0 Å². The van der Waals surface area contributed by atoms with Crippen LogP contribution in [-0.4, -0.2) is 0 Å². The van der Waals surface area contributed by atoms with Gasteiger partial charge in [-0.3, -0.25) is 0 Å². The number of anilines is 1. The Morgan fingerprint density at radius 2 is 1.77 bits per heavy atom. The average Bonchev–Trinajstić information content (AvgIpc) is 2.12. The predicted octanol–water partition coefficient (Wildman–Crippen LogP) is 3.04. The van der Waals surface area contributed by atoms with Crippen LogP contribution in [0.4, 0.5) is 5.69 Å². The van der Waals surface area contributed by atoms with Gasteiger partial charge >= 0.3 is 0 Å². The molecule has 0 atom stereocenters. The zero-order valence-corrected chi connectivity index (χ0v) is 7.96. The molecule has 0 aliphatic rings. The summed E-state index contributed by atoms with van der Waals surface area (Å²) in [6.07, 6.45) is 0. The molecule has 2 rings (SSSR count). The Morgan fingerprint density at radius 3 is 2.54 bits per heavy atom. The van der Waals surface area contributed by atoms with Gasteiger partial charge in [-0.05, 0) is 36.2 Å². The Bertz CT molecular complexity index is 458. The van der Waals surface area contributed by atoms with Crippen LogP contribution < -0.4 is 5.73 Å². The number of rotatable bonds is 0. The van der Waals surface area contributed by atoms with Crippen molar-refractivity contribution in [2.45, 2.75) is 13.8 Å². The zero-order chi connectivity index (χ0) is 9.42. The molecule has 0 aliphatic heterocycles. The molecule has 0 heterocycles. The smallest absolute Gasteiger partial charge is 0.0350 e. The first kappa shape index (κ1) is 8.11. The number of fused-ring (bicyclic) bond motifs is 1. The number of aryl methyl sites for hydroxylation is 2. The molecule has 0 aromatic heterocycles. The fraction of sp³-hybridized carbons (Fsp3) is 0.167. The molecule has 2 aromatic carbocycles. The van der Waals surface area contributed by atoms with Crippen molar-refractivity contribution in [1.29, 1.82) is 0 Å². The highest BCUT2D eigenvalue weighted by Gasteiger charge is 1.99. The predicted molar refractivity (Wildman–Crippen MR) is 57.8 cm³/mol. The van der Waals surface area contributed by atoms with E-state index in [2.05, 4.69) is 38.1 Å². The van der Waals surface area contributed by atoms with Crippen molar-refractivity contribution >= 4 is 16.5 Å². The molecule has 0 saturated carbocycles. The average molecular weight is 171 g/mol. The third kappa shape index (κ3) is 1.26. The van der Waals surface area contributed by atoms with Crippen LogP contribution in [0.3, 0.4) is 0 Å². The zero-order valence-electron chi connectivity index (χ0n) is 7.96. The third-order valence-corrected chi connectivity index (χ3v) is 2.49. The van der Waals surface area contributed by atoms with E-state index in [4.69, 9.17) is 5.73 Å². The quantitative estimate of drug-likeness (QED) is 0.606. The number of nitrogen functional groups attached to an aromatic ring is 1. The van der Waals surface area contributed by atoms with Gasteiger partial charge in [-0.15, -0.1) is 0 Å².